The van der Waals surface area contributed by atoms with Gasteiger partial charge in [-0.05, 0) is 12.1 Å². The molecule has 2 aromatic rings. The molecule has 1 heterocycles. The average molecular weight is 225 g/mol. The molecule has 2 N–H and O–H groups in total. The van der Waals surface area contributed by atoms with E-state index in [4.69, 9.17) is 9.79 Å². The van der Waals surface area contributed by atoms with E-state index in [0.29, 0.717) is 5.52 Å². The molecule has 0 saturated carbocycles. The number of fused-ring (bicyclic) bond motifs is 1. The zero-order valence-corrected chi connectivity index (χ0v) is 8.46. The minimum absolute atomic E-state index is 0.0847. The van der Waals surface area contributed by atoms with Crippen LogP contribution in [0.5, 0.6) is 5.75 Å². The molecule has 0 aliphatic heterocycles. The summed E-state index contributed by atoms with van der Waals surface area (Å²) in [6.45, 7) is 0. The zero-order valence-electron chi connectivity index (χ0n) is 7.57. The van der Waals surface area contributed by atoms with E-state index >= 15 is 0 Å². The lowest BCUT2D eigenvalue weighted by Gasteiger charge is -2.08. The Morgan fingerprint density at radius 2 is 1.93 bits per heavy atom. The Balaban J connectivity index is 2.56. The van der Waals surface area contributed by atoms with Crippen molar-refractivity contribution in [3.05, 3.63) is 36.5 Å². The summed E-state index contributed by atoms with van der Waals surface area (Å²) in [4.78, 5) is 21.4. The molecule has 0 atom stereocenters. The summed E-state index contributed by atoms with van der Waals surface area (Å²) in [7, 11) is -4.53. The molecule has 1 aromatic heterocycles. The maximum absolute atomic E-state index is 10.7. The minimum Gasteiger partial charge on any atom is -0.402 e. The molecule has 0 aliphatic rings. The van der Waals surface area contributed by atoms with Gasteiger partial charge in [0.15, 0.2) is 5.75 Å². The van der Waals surface area contributed by atoms with Gasteiger partial charge in [0.2, 0.25) is 0 Å². The van der Waals surface area contributed by atoms with Gasteiger partial charge in [-0.2, -0.15) is 0 Å². The highest BCUT2D eigenvalue weighted by atomic mass is 31.2. The van der Waals surface area contributed by atoms with Gasteiger partial charge in [-0.15, -0.1) is 0 Å². The number of phosphoric acid groups is 1. The predicted octanol–water partition coefficient (Wildman–Crippen LogP) is 1.71. The first-order valence-corrected chi connectivity index (χ1v) is 5.68. The number of aromatic nitrogens is 1. The second-order valence-corrected chi connectivity index (χ2v) is 4.08. The molecule has 2 rings (SSSR count). The van der Waals surface area contributed by atoms with E-state index < -0.39 is 7.82 Å². The molecule has 6 heteroatoms. The van der Waals surface area contributed by atoms with Gasteiger partial charge >= 0.3 is 7.82 Å². The summed E-state index contributed by atoms with van der Waals surface area (Å²) >= 11 is 0. The highest BCUT2D eigenvalue weighted by Crippen LogP contribution is 2.39. The van der Waals surface area contributed by atoms with Gasteiger partial charge < -0.3 is 4.52 Å². The molecular weight excluding hydrogens is 217 g/mol. The van der Waals surface area contributed by atoms with Gasteiger partial charge in [0.1, 0.15) is 5.52 Å². The monoisotopic (exact) mass is 225 g/mol. The maximum Gasteiger partial charge on any atom is 0.524 e. The van der Waals surface area contributed by atoms with Gasteiger partial charge in [0, 0.05) is 11.6 Å². The number of benzene rings is 1. The van der Waals surface area contributed by atoms with Gasteiger partial charge in [-0.1, -0.05) is 18.2 Å². The van der Waals surface area contributed by atoms with Crippen LogP contribution in [0.1, 0.15) is 0 Å². The van der Waals surface area contributed by atoms with Crippen LogP contribution < -0.4 is 4.52 Å². The first kappa shape index (κ1) is 10.1. The number of para-hydroxylation sites is 1. The Morgan fingerprint density at radius 1 is 1.20 bits per heavy atom. The molecule has 0 amide bonds. The fourth-order valence-electron chi connectivity index (χ4n) is 1.28. The van der Waals surface area contributed by atoms with Crippen LogP contribution in [-0.4, -0.2) is 14.8 Å². The Labute approximate surface area is 85.6 Å². The number of hydrogen-bond donors (Lipinski definition) is 2. The summed E-state index contributed by atoms with van der Waals surface area (Å²) < 4.78 is 15.2. The van der Waals surface area contributed by atoms with Crippen molar-refractivity contribution in [2.45, 2.75) is 0 Å². The molecule has 15 heavy (non-hydrogen) atoms. The van der Waals surface area contributed by atoms with Crippen LogP contribution in [0.15, 0.2) is 36.5 Å². The van der Waals surface area contributed by atoms with Crippen molar-refractivity contribution < 1.29 is 18.9 Å². The number of hydrogen-bond acceptors (Lipinski definition) is 3. The number of pyridine rings is 1. The van der Waals surface area contributed by atoms with Crippen LogP contribution in [0.2, 0.25) is 0 Å². The highest BCUT2D eigenvalue weighted by Gasteiger charge is 2.17. The van der Waals surface area contributed by atoms with Crippen molar-refractivity contribution in [2.75, 3.05) is 0 Å². The van der Waals surface area contributed by atoms with E-state index in [0.717, 1.165) is 5.39 Å². The van der Waals surface area contributed by atoms with Crippen molar-refractivity contribution in [1.29, 1.82) is 0 Å². The summed E-state index contributed by atoms with van der Waals surface area (Å²) in [5.41, 5.74) is 0.434. The lowest BCUT2D eigenvalue weighted by atomic mass is 10.2. The van der Waals surface area contributed by atoms with Gasteiger partial charge in [0.25, 0.3) is 0 Å². The first-order valence-electron chi connectivity index (χ1n) is 4.15. The highest BCUT2D eigenvalue weighted by molar-refractivity contribution is 7.46. The molecular formula is C9H8NO4P. The fourth-order valence-corrected chi connectivity index (χ4v) is 1.68. The van der Waals surface area contributed by atoms with Crippen LogP contribution in [-0.2, 0) is 4.57 Å². The molecule has 0 unspecified atom stereocenters. The summed E-state index contributed by atoms with van der Waals surface area (Å²) in [5, 5.41) is 0.767. The van der Waals surface area contributed by atoms with Crippen molar-refractivity contribution in [3.63, 3.8) is 0 Å². The van der Waals surface area contributed by atoms with Crippen LogP contribution >= 0.6 is 7.82 Å². The van der Waals surface area contributed by atoms with Crippen LogP contribution in [0, 0.1) is 0 Å². The van der Waals surface area contributed by atoms with E-state index in [1.807, 2.05) is 0 Å². The quantitative estimate of drug-likeness (QED) is 0.760. The lowest BCUT2D eigenvalue weighted by molar-refractivity contribution is 0.284. The number of nitrogens with zero attached hydrogens (tertiary/aromatic N) is 1. The molecule has 5 nitrogen and oxygen atoms in total. The minimum atomic E-state index is -4.53. The van der Waals surface area contributed by atoms with Crippen LogP contribution in [0.3, 0.4) is 0 Å². The molecule has 78 valence electrons. The van der Waals surface area contributed by atoms with Crippen molar-refractivity contribution in [2.24, 2.45) is 0 Å². The third kappa shape index (κ3) is 2.33. The SMILES string of the molecule is O=P(O)(O)Oc1cccc2cccnc12. The zero-order chi connectivity index (χ0) is 10.9. The number of rotatable bonds is 2. The average Bonchev–Trinajstić information content (AvgIpc) is 2.16. The lowest BCUT2D eigenvalue weighted by Crippen LogP contribution is -1.92. The first-order chi connectivity index (χ1) is 7.06. The second kappa shape index (κ2) is 3.62. The second-order valence-electron chi connectivity index (χ2n) is 2.91. The molecule has 0 bridgehead atoms. The summed E-state index contributed by atoms with van der Waals surface area (Å²) in [6.07, 6.45) is 1.54. The van der Waals surface area contributed by atoms with Gasteiger partial charge in [0.05, 0.1) is 0 Å². The Morgan fingerprint density at radius 3 is 2.67 bits per heavy atom. The van der Waals surface area contributed by atoms with Crippen LogP contribution in [0.4, 0.5) is 0 Å². The topological polar surface area (TPSA) is 79.7 Å². The molecule has 0 aliphatic carbocycles. The smallest absolute Gasteiger partial charge is 0.402 e. The molecule has 0 spiro atoms. The Kier molecular flexibility index (Phi) is 2.44. The molecule has 0 radical (unpaired) electrons. The third-order valence-electron chi connectivity index (χ3n) is 1.81. The molecule has 0 saturated heterocycles. The van der Waals surface area contributed by atoms with E-state index in [1.54, 1.807) is 24.3 Å². The third-order valence-corrected chi connectivity index (χ3v) is 2.25. The predicted molar refractivity (Wildman–Crippen MR) is 54.4 cm³/mol. The largest absolute Gasteiger partial charge is 0.524 e. The maximum atomic E-state index is 10.7. The van der Waals surface area contributed by atoms with E-state index in [9.17, 15) is 4.57 Å². The number of phosphoric ester groups is 1. The van der Waals surface area contributed by atoms with Gasteiger partial charge in [-0.3, -0.25) is 14.8 Å². The standard InChI is InChI=1S/C9H8NO4P/c11-15(12,13)14-8-5-1-3-7-4-2-6-10-9(7)8/h1-6H,(H2,11,12,13). The van der Waals surface area contributed by atoms with Gasteiger partial charge in [-0.25, -0.2) is 4.57 Å². The van der Waals surface area contributed by atoms with E-state index in [2.05, 4.69) is 9.51 Å². The van der Waals surface area contributed by atoms with Crippen LogP contribution in [0.25, 0.3) is 10.9 Å². The Hall–Kier alpha value is -1.42. The van der Waals surface area contributed by atoms with E-state index in [1.165, 1.54) is 12.3 Å². The summed E-state index contributed by atoms with van der Waals surface area (Å²) in [5.74, 6) is 0.0847. The van der Waals surface area contributed by atoms with Crippen molar-refractivity contribution in [1.82, 2.24) is 4.98 Å². The molecule has 0 fully saturated rings. The fraction of sp³-hybridized carbons (Fsp3) is 0. The summed E-state index contributed by atoms with van der Waals surface area (Å²) in [6, 6.07) is 8.43. The van der Waals surface area contributed by atoms with Crippen molar-refractivity contribution in [3.8, 4) is 5.75 Å². The normalized spacial score (nSPS) is 11.6. The Bertz CT molecular complexity index is 531. The molecule has 1 aromatic carbocycles. The van der Waals surface area contributed by atoms with Crippen molar-refractivity contribution >= 4 is 18.7 Å². The van der Waals surface area contributed by atoms with E-state index in [-0.39, 0.29) is 5.75 Å².